The molecule has 18 heavy (non-hydrogen) atoms. The molecule has 0 atom stereocenters. The van der Waals surface area contributed by atoms with Crippen molar-refractivity contribution in [2.24, 2.45) is 0 Å². The van der Waals surface area contributed by atoms with E-state index in [1.807, 2.05) is 0 Å². The van der Waals surface area contributed by atoms with Crippen LogP contribution in [0.25, 0.3) is 5.65 Å². The molecular weight excluding hydrogens is 271 g/mol. The lowest BCUT2D eigenvalue weighted by atomic mass is 10.3. The molecule has 0 aliphatic rings. The maximum Gasteiger partial charge on any atom is 0.417 e. The highest BCUT2D eigenvalue weighted by Gasteiger charge is 2.32. The number of nitrogen functional groups attached to an aromatic ring is 1. The van der Waals surface area contributed by atoms with Gasteiger partial charge in [-0.1, -0.05) is 0 Å². The van der Waals surface area contributed by atoms with Crippen LogP contribution in [0.1, 0.15) is 5.56 Å². The van der Waals surface area contributed by atoms with E-state index in [9.17, 15) is 21.6 Å². The van der Waals surface area contributed by atoms with Crippen molar-refractivity contribution in [3.05, 3.63) is 23.9 Å². The Hall–Kier alpha value is -1.77. The molecule has 0 aromatic carbocycles. The number of anilines is 1. The zero-order valence-corrected chi connectivity index (χ0v) is 9.88. The fraction of sp³-hybridized carbons (Fsp3) is 0.222. The van der Waals surface area contributed by atoms with Crippen LogP contribution in [0.3, 0.4) is 0 Å². The third-order valence-corrected chi connectivity index (χ3v) is 3.39. The zero-order valence-electron chi connectivity index (χ0n) is 9.06. The van der Waals surface area contributed by atoms with E-state index in [2.05, 4.69) is 4.98 Å². The van der Waals surface area contributed by atoms with Crippen molar-refractivity contribution in [3.63, 3.8) is 0 Å². The molecule has 0 aliphatic carbocycles. The second kappa shape index (κ2) is 3.61. The van der Waals surface area contributed by atoms with Crippen molar-refractivity contribution >= 4 is 21.3 Å². The van der Waals surface area contributed by atoms with Crippen LogP contribution in [0, 0.1) is 0 Å². The lowest BCUT2D eigenvalue weighted by Crippen LogP contribution is -2.09. The van der Waals surface area contributed by atoms with Crippen LogP contribution in [-0.2, 0) is 16.0 Å². The highest BCUT2D eigenvalue weighted by molar-refractivity contribution is 7.90. The van der Waals surface area contributed by atoms with Gasteiger partial charge in [0.2, 0.25) is 0 Å². The largest absolute Gasteiger partial charge is 0.417 e. The van der Waals surface area contributed by atoms with E-state index in [1.54, 1.807) is 0 Å². The van der Waals surface area contributed by atoms with Gasteiger partial charge in [0.15, 0.2) is 20.7 Å². The molecule has 0 saturated heterocycles. The Morgan fingerprint density at radius 1 is 1.33 bits per heavy atom. The number of fused-ring (bicyclic) bond motifs is 1. The first-order valence-corrected chi connectivity index (χ1v) is 6.54. The molecule has 2 rings (SSSR count). The van der Waals surface area contributed by atoms with E-state index in [0.717, 1.165) is 22.8 Å². The van der Waals surface area contributed by atoms with Gasteiger partial charge in [0.1, 0.15) is 5.65 Å². The Bertz CT molecular complexity index is 718. The molecule has 0 aliphatic heterocycles. The number of aromatic nitrogens is 2. The third kappa shape index (κ3) is 2.01. The first-order chi connectivity index (χ1) is 8.10. The summed E-state index contributed by atoms with van der Waals surface area (Å²) in [4.78, 5) is 3.70. The molecule has 0 unspecified atom stereocenters. The fourth-order valence-electron chi connectivity index (χ4n) is 1.58. The highest BCUT2D eigenvalue weighted by Crippen LogP contribution is 2.30. The third-order valence-electron chi connectivity index (χ3n) is 2.28. The summed E-state index contributed by atoms with van der Waals surface area (Å²) in [5, 5.41) is -0.441. The number of imidazole rings is 1. The fourth-order valence-corrected chi connectivity index (χ4v) is 2.51. The lowest BCUT2D eigenvalue weighted by Gasteiger charge is -2.07. The van der Waals surface area contributed by atoms with Gasteiger partial charge in [0.25, 0.3) is 0 Å². The van der Waals surface area contributed by atoms with Gasteiger partial charge in [-0.2, -0.15) is 13.2 Å². The van der Waals surface area contributed by atoms with Crippen LogP contribution in [0.15, 0.2) is 23.4 Å². The van der Waals surface area contributed by atoms with E-state index >= 15 is 0 Å². The second-order valence-electron chi connectivity index (χ2n) is 3.72. The van der Waals surface area contributed by atoms with Gasteiger partial charge in [-0.3, -0.25) is 4.40 Å². The monoisotopic (exact) mass is 279 g/mol. The van der Waals surface area contributed by atoms with Crippen LogP contribution >= 0.6 is 0 Å². The minimum atomic E-state index is -4.57. The van der Waals surface area contributed by atoms with Crippen LogP contribution in [-0.4, -0.2) is 24.1 Å². The summed E-state index contributed by atoms with van der Waals surface area (Å²) in [6, 6.07) is 1.88. The summed E-state index contributed by atoms with van der Waals surface area (Å²) in [6.45, 7) is 0. The first-order valence-electron chi connectivity index (χ1n) is 4.65. The predicted octanol–water partition coefficient (Wildman–Crippen LogP) is 1.34. The molecule has 5 nitrogen and oxygen atoms in total. The maximum absolute atomic E-state index is 12.5. The molecule has 0 spiro atoms. The second-order valence-corrected chi connectivity index (χ2v) is 5.65. The van der Waals surface area contributed by atoms with Gasteiger partial charge in [0, 0.05) is 12.5 Å². The van der Waals surface area contributed by atoms with E-state index in [-0.39, 0.29) is 11.5 Å². The number of sulfone groups is 1. The molecule has 9 heteroatoms. The van der Waals surface area contributed by atoms with E-state index in [4.69, 9.17) is 5.73 Å². The summed E-state index contributed by atoms with van der Waals surface area (Å²) in [5.74, 6) is -0.322. The number of nitrogens with two attached hydrogens (primary N) is 1. The van der Waals surface area contributed by atoms with Gasteiger partial charge in [-0.05, 0) is 12.1 Å². The highest BCUT2D eigenvalue weighted by atomic mass is 32.2. The van der Waals surface area contributed by atoms with Crippen molar-refractivity contribution < 1.29 is 21.6 Å². The molecule has 2 heterocycles. The van der Waals surface area contributed by atoms with Crippen molar-refractivity contribution in [2.75, 3.05) is 12.0 Å². The standard InChI is InChI=1S/C9H8F3N3O2S/c1-18(16,17)8-7(13)14-6-3-2-5(4-15(6)8)9(10,11)12/h2-4H,13H2,1H3. The minimum Gasteiger partial charge on any atom is -0.381 e. The van der Waals surface area contributed by atoms with Gasteiger partial charge in [-0.15, -0.1) is 0 Å². The Labute approximate surface area is 100.0 Å². The Morgan fingerprint density at radius 3 is 2.44 bits per heavy atom. The summed E-state index contributed by atoms with van der Waals surface area (Å²) >= 11 is 0. The van der Waals surface area contributed by atoms with E-state index in [1.165, 1.54) is 0 Å². The molecule has 0 radical (unpaired) electrons. The van der Waals surface area contributed by atoms with Gasteiger partial charge >= 0.3 is 6.18 Å². The van der Waals surface area contributed by atoms with Gasteiger partial charge in [0.05, 0.1) is 5.56 Å². The Balaban J connectivity index is 2.84. The summed E-state index contributed by atoms with van der Waals surface area (Å²) in [7, 11) is -3.77. The number of hydrogen-bond acceptors (Lipinski definition) is 4. The molecular formula is C9H8F3N3O2S. The minimum absolute atomic E-state index is 0.0425. The SMILES string of the molecule is CS(=O)(=O)c1c(N)nc2ccc(C(F)(F)F)cn12. The molecule has 2 aromatic heterocycles. The summed E-state index contributed by atoms with van der Waals surface area (Å²) < 4.78 is 61.4. The number of alkyl halides is 3. The van der Waals surface area contributed by atoms with Crippen LogP contribution in [0.5, 0.6) is 0 Å². The maximum atomic E-state index is 12.5. The topological polar surface area (TPSA) is 77.5 Å². The normalized spacial score (nSPS) is 13.1. The first kappa shape index (κ1) is 12.7. The van der Waals surface area contributed by atoms with Gasteiger partial charge in [-0.25, -0.2) is 13.4 Å². The molecule has 98 valence electrons. The van der Waals surface area contributed by atoms with Crippen molar-refractivity contribution in [2.45, 2.75) is 11.2 Å². The lowest BCUT2D eigenvalue weighted by molar-refractivity contribution is -0.137. The average Bonchev–Trinajstić information content (AvgIpc) is 2.49. The quantitative estimate of drug-likeness (QED) is 0.854. The predicted molar refractivity (Wildman–Crippen MR) is 57.7 cm³/mol. The molecule has 0 amide bonds. The Kier molecular flexibility index (Phi) is 2.54. The number of nitrogens with zero attached hydrogens (tertiary/aromatic N) is 2. The number of pyridine rings is 1. The van der Waals surface area contributed by atoms with Crippen LogP contribution < -0.4 is 5.73 Å². The van der Waals surface area contributed by atoms with Crippen molar-refractivity contribution in [3.8, 4) is 0 Å². The molecule has 0 bridgehead atoms. The van der Waals surface area contributed by atoms with Crippen LogP contribution in [0.2, 0.25) is 0 Å². The average molecular weight is 279 g/mol. The molecule has 2 N–H and O–H groups in total. The summed E-state index contributed by atoms with van der Waals surface area (Å²) in [6.07, 6.45) is -3.05. The van der Waals surface area contributed by atoms with E-state index in [0.29, 0.717) is 6.20 Å². The smallest absolute Gasteiger partial charge is 0.381 e. The zero-order chi connectivity index (χ0) is 13.7. The van der Waals surface area contributed by atoms with E-state index < -0.39 is 26.6 Å². The van der Waals surface area contributed by atoms with Crippen molar-refractivity contribution in [1.82, 2.24) is 9.38 Å². The molecule has 2 aromatic rings. The Morgan fingerprint density at radius 2 is 1.94 bits per heavy atom. The van der Waals surface area contributed by atoms with Crippen molar-refractivity contribution in [1.29, 1.82) is 0 Å². The molecule has 0 saturated carbocycles. The van der Waals surface area contributed by atoms with Crippen LogP contribution in [0.4, 0.5) is 19.0 Å². The number of halogens is 3. The number of rotatable bonds is 1. The van der Waals surface area contributed by atoms with Gasteiger partial charge < -0.3 is 5.73 Å². The molecule has 0 fully saturated rings. The number of hydrogen-bond donors (Lipinski definition) is 1. The summed E-state index contributed by atoms with van der Waals surface area (Å²) in [5.41, 5.74) is 4.47.